The van der Waals surface area contributed by atoms with Crippen LogP contribution in [0.3, 0.4) is 0 Å². The number of nitrogens with zero attached hydrogens (tertiary/aromatic N) is 1. The molecular weight excluding hydrogens is 458 g/mol. The van der Waals surface area contributed by atoms with Crippen LogP contribution >= 0.6 is 0 Å². The minimum atomic E-state index is -0.866. The molecule has 3 aromatic rings. The molecule has 0 bridgehead atoms. The van der Waals surface area contributed by atoms with Crippen molar-refractivity contribution in [3.05, 3.63) is 102 Å². The summed E-state index contributed by atoms with van der Waals surface area (Å²) in [5, 5.41) is 6.74. The highest BCUT2D eigenvalue weighted by Gasteiger charge is 2.40. The Bertz CT molecular complexity index is 1290. The Balaban J connectivity index is 1.34. The number of hydrogen-bond acceptors (Lipinski definition) is 6. The van der Waals surface area contributed by atoms with E-state index in [9.17, 15) is 14.4 Å². The number of rotatable bonds is 8. The first kappa shape index (κ1) is 24.4. The zero-order chi connectivity index (χ0) is 25.3. The fourth-order valence-electron chi connectivity index (χ4n) is 3.86. The van der Waals surface area contributed by atoms with Crippen LogP contribution in [0.4, 0.5) is 0 Å². The minimum absolute atomic E-state index is 0.261. The third-order valence-corrected chi connectivity index (χ3v) is 5.68. The molecule has 4 rings (SSSR count). The fourth-order valence-corrected chi connectivity index (χ4v) is 3.86. The first-order valence-electron chi connectivity index (χ1n) is 11.3. The Morgan fingerprint density at radius 2 is 1.75 bits per heavy atom. The van der Waals surface area contributed by atoms with E-state index in [0.717, 1.165) is 16.9 Å². The van der Waals surface area contributed by atoms with Crippen LogP contribution < -0.4 is 20.2 Å². The summed E-state index contributed by atoms with van der Waals surface area (Å²) in [6.07, 6.45) is 4.40. The maximum absolute atomic E-state index is 12.7. The molecule has 2 N–H and O–H groups in total. The van der Waals surface area contributed by atoms with Gasteiger partial charge in [-0.1, -0.05) is 54.6 Å². The largest absolute Gasteiger partial charge is 0.497 e. The number of esters is 1. The molecule has 0 aromatic heterocycles. The normalized spacial score (nSPS) is 17.2. The van der Waals surface area contributed by atoms with Crippen LogP contribution in [0.1, 0.15) is 22.6 Å². The number of nitrogens with one attached hydrogen (secondary N) is 2. The molecule has 0 unspecified atom stereocenters. The molecule has 3 aromatic carbocycles. The van der Waals surface area contributed by atoms with Crippen molar-refractivity contribution in [1.29, 1.82) is 0 Å². The molecule has 1 heterocycles. The van der Waals surface area contributed by atoms with Crippen molar-refractivity contribution >= 4 is 30.1 Å². The molecule has 0 spiro atoms. The Hall–Kier alpha value is -4.72. The lowest BCUT2D eigenvalue weighted by Crippen LogP contribution is -2.34. The zero-order valence-electron chi connectivity index (χ0n) is 19.6. The molecule has 36 heavy (non-hydrogen) atoms. The summed E-state index contributed by atoms with van der Waals surface area (Å²) in [7, 11) is 1.59. The van der Waals surface area contributed by atoms with Gasteiger partial charge in [-0.05, 0) is 47.0 Å². The van der Waals surface area contributed by atoms with Crippen LogP contribution in [0.15, 0.2) is 90.0 Å². The molecule has 1 aliphatic heterocycles. The zero-order valence-corrected chi connectivity index (χ0v) is 19.6. The molecule has 182 valence electrons. The summed E-state index contributed by atoms with van der Waals surface area (Å²) >= 11 is 0. The average molecular weight is 484 g/mol. The summed E-state index contributed by atoms with van der Waals surface area (Å²) in [5.74, 6) is -1.42. The van der Waals surface area contributed by atoms with Crippen LogP contribution in [-0.4, -0.2) is 37.7 Å². The van der Waals surface area contributed by atoms with E-state index in [1.807, 2.05) is 42.5 Å². The summed E-state index contributed by atoms with van der Waals surface area (Å²) in [5.41, 5.74) is 4.80. The van der Waals surface area contributed by atoms with Crippen LogP contribution in [-0.2, 0) is 14.4 Å². The number of methoxy groups -OCH3 is 1. The second-order valence-corrected chi connectivity index (χ2v) is 8.07. The summed E-state index contributed by atoms with van der Waals surface area (Å²) in [4.78, 5) is 37.2. The molecule has 2 amide bonds. The van der Waals surface area contributed by atoms with Gasteiger partial charge in [-0.15, -0.1) is 0 Å². The van der Waals surface area contributed by atoms with Gasteiger partial charge in [0, 0.05) is 18.5 Å². The summed E-state index contributed by atoms with van der Waals surface area (Å²) < 4.78 is 10.5. The quantitative estimate of drug-likeness (QED) is 0.128. The number of hydrogen-bond donors (Lipinski definition) is 2. The number of benzene rings is 3. The summed E-state index contributed by atoms with van der Waals surface area (Å²) in [6, 6.07) is 23.4. The second kappa shape index (κ2) is 11.6. The van der Waals surface area contributed by atoms with Gasteiger partial charge >= 0.3 is 5.97 Å². The van der Waals surface area contributed by atoms with Gasteiger partial charge in [0.15, 0.2) is 0 Å². The molecule has 8 nitrogen and oxygen atoms in total. The lowest BCUT2D eigenvalue weighted by atomic mass is 9.88. The lowest BCUT2D eigenvalue weighted by molar-refractivity contribution is -0.133. The first-order chi connectivity index (χ1) is 17.5. The van der Waals surface area contributed by atoms with Crippen LogP contribution in [0.25, 0.3) is 6.08 Å². The number of amides is 2. The van der Waals surface area contributed by atoms with Crippen molar-refractivity contribution in [3.8, 4) is 11.5 Å². The predicted molar refractivity (Wildman–Crippen MR) is 136 cm³/mol. The molecular formula is C28H25N3O5. The Morgan fingerprint density at radius 1 is 0.972 bits per heavy atom. The van der Waals surface area contributed by atoms with Crippen molar-refractivity contribution in [2.75, 3.05) is 13.7 Å². The fraction of sp³-hybridized carbons (Fsp3) is 0.143. The highest BCUT2D eigenvalue weighted by Crippen LogP contribution is 2.29. The molecule has 0 saturated carbocycles. The Kier molecular flexibility index (Phi) is 7.87. The maximum Gasteiger partial charge on any atom is 0.336 e. The van der Waals surface area contributed by atoms with Gasteiger partial charge in [0.2, 0.25) is 5.91 Å². The average Bonchev–Trinajstić information content (AvgIpc) is 3.30. The van der Waals surface area contributed by atoms with E-state index in [1.165, 1.54) is 12.3 Å². The maximum atomic E-state index is 12.7. The van der Waals surface area contributed by atoms with Crippen molar-refractivity contribution in [2.45, 2.75) is 5.92 Å². The van der Waals surface area contributed by atoms with Crippen molar-refractivity contribution in [3.63, 3.8) is 0 Å². The van der Waals surface area contributed by atoms with E-state index in [2.05, 4.69) is 15.8 Å². The molecule has 1 aliphatic rings. The Labute approximate surface area is 208 Å². The summed E-state index contributed by atoms with van der Waals surface area (Å²) in [6.45, 7) is 0.394. The predicted octanol–water partition coefficient (Wildman–Crippen LogP) is 3.29. The lowest BCUT2D eigenvalue weighted by Gasteiger charge is -2.15. The van der Waals surface area contributed by atoms with Gasteiger partial charge in [-0.2, -0.15) is 5.10 Å². The first-order valence-corrected chi connectivity index (χ1v) is 11.3. The minimum Gasteiger partial charge on any atom is -0.497 e. The van der Waals surface area contributed by atoms with Crippen LogP contribution in [0.5, 0.6) is 11.5 Å². The van der Waals surface area contributed by atoms with Gasteiger partial charge in [0.1, 0.15) is 17.4 Å². The van der Waals surface area contributed by atoms with Gasteiger partial charge in [-0.25, -0.2) is 10.2 Å². The van der Waals surface area contributed by atoms with E-state index < -0.39 is 17.8 Å². The van der Waals surface area contributed by atoms with E-state index in [0.29, 0.717) is 17.9 Å². The third-order valence-electron chi connectivity index (χ3n) is 5.68. The van der Waals surface area contributed by atoms with E-state index in [-0.39, 0.29) is 11.8 Å². The van der Waals surface area contributed by atoms with E-state index >= 15 is 0 Å². The molecule has 0 aliphatic carbocycles. The number of carbonyl (C=O) groups is 3. The molecule has 0 radical (unpaired) electrons. The highest BCUT2D eigenvalue weighted by molar-refractivity contribution is 6.03. The molecule has 2 atom stereocenters. The molecule has 8 heteroatoms. The third kappa shape index (κ3) is 6.24. The SMILES string of the molecule is COc1ccc(/C=C\C(=O)Oc2cccc(C=NNC(=O)[C@@H]3C(=O)NC[C@@H]3c3ccccc3)c2)cc1. The van der Waals surface area contributed by atoms with Crippen molar-refractivity contribution in [2.24, 2.45) is 11.0 Å². The standard InChI is InChI=1S/C28H25N3O5/c1-35-22-13-10-19(11-14-22)12-15-25(32)36-23-9-5-6-20(16-23)17-30-31-28(34)26-24(18-29-27(26)33)21-7-3-2-4-8-21/h2-17,24,26H,18H2,1H3,(H,29,33)(H,31,34)/b15-12-,30-17?/t24-,26+/m1/s1. The van der Waals surface area contributed by atoms with Gasteiger partial charge < -0.3 is 14.8 Å². The second-order valence-electron chi connectivity index (χ2n) is 8.07. The molecule has 1 fully saturated rings. The Morgan fingerprint density at radius 3 is 2.50 bits per heavy atom. The van der Waals surface area contributed by atoms with Gasteiger partial charge in [-0.3, -0.25) is 9.59 Å². The number of hydrazone groups is 1. The molecule has 1 saturated heterocycles. The monoisotopic (exact) mass is 483 g/mol. The van der Waals surface area contributed by atoms with Crippen LogP contribution in [0, 0.1) is 5.92 Å². The number of ether oxygens (including phenoxy) is 2. The van der Waals surface area contributed by atoms with Crippen molar-refractivity contribution in [1.82, 2.24) is 10.7 Å². The van der Waals surface area contributed by atoms with Gasteiger partial charge in [0.25, 0.3) is 5.91 Å². The topological polar surface area (TPSA) is 106 Å². The van der Waals surface area contributed by atoms with E-state index in [1.54, 1.807) is 49.6 Å². The highest BCUT2D eigenvalue weighted by atomic mass is 16.5. The van der Waals surface area contributed by atoms with E-state index in [4.69, 9.17) is 9.47 Å². The van der Waals surface area contributed by atoms with Gasteiger partial charge in [0.05, 0.1) is 13.3 Å². The smallest absolute Gasteiger partial charge is 0.336 e. The van der Waals surface area contributed by atoms with Crippen LogP contribution in [0.2, 0.25) is 0 Å². The van der Waals surface area contributed by atoms with Crippen molar-refractivity contribution < 1.29 is 23.9 Å². The number of carbonyl (C=O) groups excluding carboxylic acids is 3.